The summed E-state index contributed by atoms with van der Waals surface area (Å²) in [5, 5.41) is 4.00. The highest BCUT2D eigenvalue weighted by atomic mass is 32.2. The van der Waals surface area contributed by atoms with E-state index in [0.29, 0.717) is 6.42 Å². The summed E-state index contributed by atoms with van der Waals surface area (Å²) in [7, 11) is -3.13. The van der Waals surface area contributed by atoms with Crippen molar-refractivity contribution < 1.29 is 13.2 Å². The Morgan fingerprint density at radius 1 is 1.48 bits per heavy atom. The lowest BCUT2D eigenvalue weighted by Crippen LogP contribution is -2.42. The van der Waals surface area contributed by atoms with Gasteiger partial charge in [-0.1, -0.05) is 0 Å². The molecule has 1 unspecified atom stereocenters. The quantitative estimate of drug-likeness (QED) is 0.904. The molecule has 1 amide bonds. The second-order valence-electron chi connectivity index (χ2n) is 6.20. The van der Waals surface area contributed by atoms with Crippen LogP contribution in [0.4, 0.5) is 0 Å². The Kier molecular flexibility index (Phi) is 3.83. The van der Waals surface area contributed by atoms with Crippen LogP contribution in [0.25, 0.3) is 0 Å². The molecule has 0 radical (unpaired) electrons. The van der Waals surface area contributed by atoms with Gasteiger partial charge in [-0.05, 0) is 47.1 Å². The van der Waals surface area contributed by atoms with E-state index in [-0.39, 0.29) is 17.4 Å². The van der Waals surface area contributed by atoms with Crippen LogP contribution in [0.1, 0.15) is 24.8 Å². The Morgan fingerprint density at radius 2 is 2.19 bits per heavy atom. The number of sulfonamides is 1. The molecule has 5 nitrogen and oxygen atoms in total. The molecule has 1 aliphatic carbocycles. The van der Waals surface area contributed by atoms with Gasteiger partial charge in [0.15, 0.2) is 0 Å². The molecule has 3 rings (SSSR count). The summed E-state index contributed by atoms with van der Waals surface area (Å²) in [5.74, 6) is 0.177. The third-order valence-electron chi connectivity index (χ3n) is 4.59. The monoisotopic (exact) mass is 328 g/mol. The van der Waals surface area contributed by atoms with Crippen LogP contribution in [0.2, 0.25) is 0 Å². The fourth-order valence-electron chi connectivity index (χ4n) is 3.21. The molecule has 1 aromatic heterocycles. The highest BCUT2D eigenvalue weighted by molar-refractivity contribution is 7.88. The van der Waals surface area contributed by atoms with Crippen molar-refractivity contribution >= 4 is 27.3 Å². The Morgan fingerprint density at radius 3 is 2.76 bits per heavy atom. The number of nitrogens with zero attached hydrogens (tertiary/aromatic N) is 1. The number of amides is 1. The zero-order valence-corrected chi connectivity index (χ0v) is 13.7. The van der Waals surface area contributed by atoms with Gasteiger partial charge >= 0.3 is 0 Å². The lowest BCUT2D eigenvalue weighted by atomic mass is 9.92. The van der Waals surface area contributed by atoms with E-state index in [0.717, 1.165) is 37.9 Å². The summed E-state index contributed by atoms with van der Waals surface area (Å²) in [6.45, 7) is 1.48. The molecule has 1 atom stereocenters. The second-order valence-corrected chi connectivity index (χ2v) is 8.76. The summed E-state index contributed by atoms with van der Waals surface area (Å²) in [6.07, 6.45) is 4.39. The standard InChI is InChI=1S/C14H20N2O3S2/c1-21(18,19)15-12-9-14(12)3-5-16(6-4-14)13(17)8-11-2-7-20-10-11/h2,7,10,12,15H,3-6,8-9H2,1H3. The minimum absolute atomic E-state index is 0.0709. The van der Waals surface area contributed by atoms with Crippen molar-refractivity contribution in [1.82, 2.24) is 9.62 Å². The molecule has 2 fully saturated rings. The topological polar surface area (TPSA) is 66.5 Å². The van der Waals surface area contributed by atoms with Gasteiger partial charge in [-0.25, -0.2) is 13.1 Å². The molecule has 1 N–H and O–H groups in total. The van der Waals surface area contributed by atoms with E-state index in [1.807, 2.05) is 21.7 Å². The van der Waals surface area contributed by atoms with Gasteiger partial charge in [0.05, 0.1) is 12.7 Å². The van der Waals surface area contributed by atoms with Crippen LogP contribution in [-0.4, -0.2) is 44.6 Å². The number of hydrogen-bond donors (Lipinski definition) is 1. The van der Waals surface area contributed by atoms with Crippen LogP contribution in [0.5, 0.6) is 0 Å². The number of piperidine rings is 1. The van der Waals surface area contributed by atoms with Crippen molar-refractivity contribution in [3.63, 3.8) is 0 Å². The van der Waals surface area contributed by atoms with E-state index >= 15 is 0 Å². The van der Waals surface area contributed by atoms with Crippen molar-refractivity contribution in [3.05, 3.63) is 22.4 Å². The smallest absolute Gasteiger partial charge is 0.227 e. The van der Waals surface area contributed by atoms with Crippen molar-refractivity contribution in [1.29, 1.82) is 0 Å². The zero-order chi connectivity index (χ0) is 15.1. The van der Waals surface area contributed by atoms with Gasteiger partial charge in [-0.3, -0.25) is 4.79 Å². The summed E-state index contributed by atoms with van der Waals surface area (Å²) >= 11 is 1.61. The van der Waals surface area contributed by atoms with E-state index in [9.17, 15) is 13.2 Å². The Bertz CT molecular complexity index is 617. The van der Waals surface area contributed by atoms with E-state index in [4.69, 9.17) is 0 Å². The van der Waals surface area contributed by atoms with Crippen LogP contribution in [-0.2, 0) is 21.2 Å². The number of likely N-dealkylation sites (tertiary alicyclic amines) is 1. The normalized spacial score (nSPS) is 24.2. The lowest BCUT2D eigenvalue weighted by Gasteiger charge is -2.33. The van der Waals surface area contributed by atoms with E-state index in [1.54, 1.807) is 11.3 Å². The third kappa shape index (κ3) is 3.46. The molecular weight excluding hydrogens is 308 g/mol. The highest BCUT2D eigenvalue weighted by Gasteiger charge is 2.56. The molecule has 1 saturated heterocycles. The van der Waals surface area contributed by atoms with Crippen molar-refractivity contribution in [2.75, 3.05) is 19.3 Å². The molecule has 21 heavy (non-hydrogen) atoms. The second kappa shape index (κ2) is 5.37. The third-order valence-corrected chi connectivity index (χ3v) is 6.04. The minimum atomic E-state index is -3.13. The maximum Gasteiger partial charge on any atom is 0.227 e. The summed E-state index contributed by atoms with van der Waals surface area (Å²) in [4.78, 5) is 14.1. The van der Waals surface area contributed by atoms with Crippen LogP contribution < -0.4 is 4.72 Å². The van der Waals surface area contributed by atoms with Gasteiger partial charge in [0, 0.05) is 19.1 Å². The number of thiophene rings is 1. The maximum atomic E-state index is 12.2. The van der Waals surface area contributed by atoms with Crippen LogP contribution in [0.15, 0.2) is 16.8 Å². The fourth-order valence-corrected chi connectivity index (χ4v) is 4.73. The molecule has 0 aromatic carbocycles. The fraction of sp³-hybridized carbons (Fsp3) is 0.643. The first-order valence-electron chi connectivity index (χ1n) is 7.14. The predicted molar refractivity (Wildman–Crippen MR) is 82.7 cm³/mol. The summed E-state index contributed by atoms with van der Waals surface area (Å²) in [5.41, 5.74) is 1.18. The number of hydrogen-bond acceptors (Lipinski definition) is 4. The molecule has 1 aromatic rings. The summed E-state index contributed by atoms with van der Waals surface area (Å²) < 4.78 is 25.3. The highest BCUT2D eigenvalue weighted by Crippen LogP contribution is 2.54. The van der Waals surface area contributed by atoms with Gasteiger partial charge in [0.1, 0.15) is 0 Å². The van der Waals surface area contributed by atoms with Gasteiger partial charge in [0.25, 0.3) is 0 Å². The van der Waals surface area contributed by atoms with Gasteiger partial charge in [-0.2, -0.15) is 11.3 Å². The van der Waals surface area contributed by atoms with Crippen LogP contribution >= 0.6 is 11.3 Å². The van der Waals surface area contributed by atoms with E-state index < -0.39 is 10.0 Å². The number of carbonyl (C=O) groups is 1. The van der Waals surface area contributed by atoms with E-state index in [1.165, 1.54) is 6.26 Å². The average Bonchev–Trinajstić information content (AvgIpc) is 2.84. The van der Waals surface area contributed by atoms with Crippen LogP contribution in [0, 0.1) is 5.41 Å². The lowest BCUT2D eigenvalue weighted by molar-refractivity contribution is -0.132. The van der Waals surface area contributed by atoms with Crippen molar-refractivity contribution in [2.24, 2.45) is 5.41 Å². The number of nitrogens with one attached hydrogen (secondary N) is 1. The molecule has 1 saturated carbocycles. The maximum absolute atomic E-state index is 12.2. The summed E-state index contributed by atoms with van der Waals surface area (Å²) in [6, 6.07) is 2.06. The number of rotatable bonds is 4. The Balaban J connectivity index is 1.51. The van der Waals surface area contributed by atoms with Gasteiger partial charge in [-0.15, -0.1) is 0 Å². The average molecular weight is 328 g/mol. The minimum Gasteiger partial charge on any atom is -0.342 e. The molecule has 0 bridgehead atoms. The van der Waals surface area contributed by atoms with Crippen molar-refractivity contribution in [2.45, 2.75) is 31.7 Å². The molecule has 1 spiro atoms. The largest absolute Gasteiger partial charge is 0.342 e. The molecular formula is C14H20N2O3S2. The van der Waals surface area contributed by atoms with Crippen LogP contribution in [0.3, 0.4) is 0 Å². The molecule has 2 aliphatic rings. The zero-order valence-electron chi connectivity index (χ0n) is 12.0. The predicted octanol–water partition coefficient (Wildman–Crippen LogP) is 1.22. The SMILES string of the molecule is CS(=O)(=O)NC1CC12CCN(C(=O)Cc1ccsc1)CC2. The van der Waals surface area contributed by atoms with Gasteiger partial charge < -0.3 is 4.90 Å². The van der Waals surface area contributed by atoms with Crippen molar-refractivity contribution in [3.8, 4) is 0 Å². The Hall–Kier alpha value is -0.920. The first kappa shape index (κ1) is 15.0. The first-order valence-corrected chi connectivity index (χ1v) is 9.98. The Labute approximate surface area is 129 Å². The molecule has 2 heterocycles. The molecule has 116 valence electrons. The molecule has 7 heteroatoms. The molecule has 1 aliphatic heterocycles. The number of carbonyl (C=O) groups excluding carboxylic acids is 1. The first-order chi connectivity index (χ1) is 9.88. The van der Waals surface area contributed by atoms with Gasteiger partial charge in [0.2, 0.25) is 15.9 Å². The van der Waals surface area contributed by atoms with E-state index in [2.05, 4.69) is 4.72 Å².